The van der Waals surface area contributed by atoms with Gasteiger partial charge in [0.15, 0.2) is 0 Å². The number of carboxylic acids is 1. The second-order valence-corrected chi connectivity index (χ2v) is 7.27. The predicted octanol–water partition coefficient (Wildman–Crippen LogP) is 0.557. The summed E-state index contributed by atoms with van der Waals surface area (Å²) in [6, 6.07) is 7.31. The Morgan fingerprint density at radius 1 is 1.19 bits per heavy atom. The van der Waals surface area contributed by atoms with Crippen LogP contribution in [0.5, 0.6) is 0 Å². The SMILES string of the molecule is CC1C(=O)N(c2ccc(C(=N)N)cc2)CCN1C1CCN(CC(=O)O)CC1. The first-order valence-electron chi connectivity index (χ1n) is 9.32. The van der Waals surface area contributed by atoms with E-state index in [4.69, 9.17) is 16.2 Å². The maximum Gasteiger partial charge on any atom is 0.317 e. The van der Waals surface area contributed by atoms with Crippen LogP contribution in [-0.2, 0) is 9.59 Å². The molecule has 0 saturated carbocycles. The van der Waals surface area contributed by atoms with Crippen molar-refractivity contribution in [1.82, 2.24) is 9.80 Å². The van der Waals surface area contributed by atoms with Gasteiger partial charge in [0.05, 0.1) is 12.6 Å². The number of piperazine rings is 1. The minimum absolute atomic E-state index is 0.0142. The quantitative estimate of drug-likeness (QED) is 0.513. The second-order valence-electron chi connectivity index (χ2n) is 7.27. The number of piperidine rings is 1. The molecular weight excluding hydrogens is 346 g/mol. The third-order valence-corrected chi connectivity index (χ3v) is 5.58. The van der Waals surface area contributed by atoms with E-state index >= 15 is 0 Å². The van der Waals surface area contributed by atoms with Crippen LogP contribution in [0.15, 0.2) is 24.3 Å². The molecule has 3 rings (SSSR count). The number of amidine groups is 1. The molecule has 1 aromatic carbocycles. The lowest BCUT2D eigenvalue weighted by atomic mass is 9.99. The van der Waals surface area contributed by atoms with Crippen molar-refractivity contribution < 1.29 is 14.7 Å². The van der Waals surface area contributed by atoms with Crippen LogP contribution in [0.3, 0.4) is 0 Å². The Labute approximate surface area is 159 Å². The number of nitrogens with one attached hydrogen (secondary N) is 1. The molecular formula is C19H27N5O3. The molecule has 2 heterocycles. The van der Waals surface area contributed by atoms with Gasteiger partial charge in [0.25, 0.3) is 0 Å². The number of hydrogen-bond donors (Lipinski definition) is 3. The Morgan fingerprint density at radius 3 is 2.37 bits per heavy atom. The summed E-state index contributed by atoms with van der Waals surface area (Å²) in [7, 11) is 0. The largest absolute Gasteiger partial charge is 0.480 e. The lowest BCUT2D eigenvalue weighted by molar-refractivity contribution is -0.138. The third kappa shape index (κ3) is 4.28. The average Bonchev–Trinajstić information content (AvgIpc) is 2.64. The molecule has 0 aliphatic carbocycles. The van der Waals surface area contributed by atoms with Gasteiger partial charge in [-0.1, -0.05) is 0 Å². The molecule has 4 N–H and O–H groups in total. The van der Waals surface area contributed by atoms with E-state index in [9.17, 15) is 9.59 Å². The van der Waals surface area contributed by atoms with Gasteiger partial charge in [-0.25, -0.2) is 0 Å². The number of rotatable bonds is 5. The van der Waals surface area contributed by atoms with E-state index in [2.05, 4.69) is 4.90 Å². The molecule has 8 heteroatoms. The first-order chi connectivity index (χ1) is 12.9. The Morgan fingerprint density at radius 2 is 1.81 bits per heavy atom. The molecule has 0 bridgehead atoms. The number of nitrogen functional groups attached to an aromatic ring is 1. The van der Waals surface area contributed by atoms with Crippen molar-refractivity contribution in [2.75, 3.05) is 37.6 Å². The molecule has 27 heavy (non-hydrogen) atoms. The number of aliphatic carboxylic acids is 1. The van der Waals surface area contributed by atoms with Crippen LogP contribution in [0.2, 0.25) is 0 Å². The zero-order chi connectivity index (χ0) is 19.6. The standard InChI is InChI=1S/C19H27N5O3/c1-13-19(27)24(15-4-2-14(3-5-15)18(20)21)11-10-23(13)16-6-8-22(9-7-16)12-17(25)26/h2-5,13,16H,6-12H2,1H3,(H3,20,21)(H,25,26). The molecule has 2 fully saturated rings. The second kappa shape index (κ2) is 8.06. The Bertz CT molecular complexity index is 713. The maximum absolute atomic E-state index is 12.9. The zero-order valence-corrected chi connectivity index (χ0v) is 15.6. The molecule has 0 radical (unpaired) electrons. The van der Waals surface area contributed by atoms with E-state index in [0.717, 1.165) is 38.2 Å². The van der Waals surface area contributed by atoms with Crippen LogP contribution in [0.25, 0.3) is 0 Å². The van der Waals surface area contributed by atoms with Crippen molar-refractivity contribution in [3.8, 4) is 0 Å². The number of likely N-dealkylation sites (tertiary alicyclic amines) is 1. The van der Waals surface area contributed by atoms with Gasteiger partial charge >= 0.3 is 5.97 Å². The van der Waals surface area contributed by atoms with Gasteiger partial charge < -0.3 is 15.7 Å². The van der Waals surface area contributed by atoms with E-state index < -0.39 is 5.97 Å². The van der Waals surface area contributed by atoms with Crippen LogP contribution >= 0.6 is 0 Å². The molecule has 0 aromatic heterocycles. The molecule has 1 amide bonds. The molecule has 2 aliphatic heterocycles. The van der Waals surface area contributed by atoms with Gasteiger partial charge in [-0.15, -0.1) is 0 Å². The normalized spacial score (nSPS) is 22.8. The molecule has 8 nitrogen and oxygen atoms in total. The van der Waals surface area contributed by atoms with Crippen molar-refractivity contribution in [1.29, 1.82) is 5.41 Å². The fourth-order valence-electron chi connectivity index (χ4n) is 4.06. The first kappa shape index (κ1) is 19.3. The summed E-state index contributed by atoms with van der Waals surface area (Å²) in [6.45, 7) is 4.96. The Balaban J connectivity index is 1.61. The van der Waals surface area contributed by atoms with Crippen molar-refractivity contribution >= 4 is 23.4 Å². The smallest absolute Gasteiger partial charge is 0.317 e. The fraction of sp³-hybridized carbons (Fsp3) is 0.526. The molecule has 1 unspecified atom stereocenters. The van der Waals surface area contributed by atoms with Crippen molar-refractivity contribution in [2.45, 2.75) is 31.8 Å². The number of hydrogen-bond acceptors (Lipinski definition) is 5. The molecule has 1 aromatic rings. The summed E-state index contributed by atoms with van der Waals surface area (Å²) < 4.78 is 0. The maximum atomic E-state index is 12.9. The van der Waals surface area contributed by atoms with Gasteiger partial charge in [0.1, 0.15) is 5.84 Å². The van der Waals surface area contributed by atoms with Gasteiger partial charge in [0, 0.05) is 43.5 Å². The lowest BCUT2D eigenvalue weighted by Gasteiger charge is -2.45. The number of nitrogens with zero attached hydrogens (tertiary/aromatic N) is 3. The summed E-state index contributed by atoms with van der Waals surface area (Å²) in [6.07, 6.45) is 1.77. The number of carbonyl (C=O) groups excluding carboxylic acids is 1. The fourth-order valence-corrected chi connectivity index (χ4v) is 4.06. The highest BCUT2D eigenvalue weighted by Crippen LogP contribution is 2.25. The number of carbonyl (C=O) groups is 2. The molecule has 2 aliphatic rings. The van der Waals surface area contributed by atoms with Crippen LogP contribution in [0.1, 0.15) is 25.3 Å². The van der Waals surface area contributed by atoms with Gasteiger partial charge in [-0.2, -0.15) is 0 Å². The first-order valence-corrected chi connectivity index (χ1v) is 9.32. The van der Waals surface area contributed by atoms with E-state index in [1.807, 2.05) is 24.0 Å². The number of nitrogens with two attached hydrogens (primary N) is 1. The number of amides is 1. The topological polar surface area (TPSA) is 114 Å². The summed E-state index contributed by atoms with van der Waals surface area (Å²) in [5, 5.41) is 16.4. The summed E-state index contributed by atoms with van der Waals surface area (Å²) >= 11 is 0. The van der Waals surface area contributed by atoms with Crippen molar-refractivity contribution in [3.63, 3.8) is 0 Å². The highest BCUT2D eigenvalue weighted by Gasteiger charge is 2.37. The van der Waals surface area contributed by atoms with E-state index in [1.54, 1.807) is 17.0 Å². The highest BCUT2D eigenvalue weighted by atomic mass is 16.4. The summed E-state index contributed by atoms with van der Waals surface area (Å²) in [5.41, 5.74) is 6.96. The van der Waals surface area contributed by atoms with Crippen LogP contribution < -0.4 is 10.6 Å². The Kier molecular flexibility index (Phi) is 5.76. The van der Waals surface area contributed by atoms with Crippen molar-refractivity contribution in [2.24, 2.45) is 5.73 Å². The van der Waals surface area contributed by atoms with E-state index in [0.29, 0.717) is 18.2 Å². The van der Waals surface area contributed by atoms with Crippen molar-refractivity contribution in [3.05, 3.63) is 29.8 Å². The number of benzene rings is 1. The number of carboxylic acid groups (broad SMARTS) is 1. The van der Waals surface area contributed by atoms with Gasteiger partial charge in [-0.3, -0.25) is 24.8 Å². The molecule has 0 spiro atoms. The van der Waals surface area contributed by atoms with Gasteiger partial charge in [-0.05, 0) is 44.0 Å². The van der Waals surface area contributed by atoms with Crippen LogP contribution in [-0.4, -0.2) is 77.4 Å². The minimum Gasteiger partial charge on any atom is -0.480 e. The van der Waals surface area contributed by atoms with Crippen LogP contribution in [0.4, 0.5) is 5.69 Å². The highest BCUT2D eigenvalue weighted by molar-refractivity contribution is 5.99. The molecule has 1 atom stereocenters. The summed E-state index contributed by atoms with van der Waals surface area (Å²) in [5.74, 6) is -0.702. The van der Waals surface area contributed by atoms with Gasteiger partial charge in [0.2, 0.25) is 5.91 Å². The van der Waals surface area contributed by atoms with Crippen LogP contribution in [0, 0.1) is 5.41 Å². The summed E-state index contributed by atoms with van der Waals surface area (Å²) in [4.78, 5) is 29.8. The minimum atomic E-state index is -0.790. The zero-order valence-electron chi connectivity index (χ0n) is 15.6. The average molecular weight is 373 g/mol. The third-order valence-electron chi connectivity index (χ3n) is 5.58. The molecule has 2 saturated heterocycles. The predicted molar refractivity (Wildman–Crippen MR) is 103 cm³/mol. The lowest BCUT2D eigenvalue weighted by Crippen LogP contribution is -2.60. The van der Waals surface area contributed by atoms with E-state index in [1.165, 1.54) is 0 Å². The Hall–Kier alpha value is -2.45. The monoisotopic (exact) mass is 373 g/mol. The molecule has 146 valence electrons. The number of anilines is 1. The van der Waals surface area contributed by atoms with E-state index in [-0.39, 0.29) is 24.3 Å².